The summed E-state index contributed by atoms with van der Waals surface area (Å²) in [7, 11) is -1.48. The second kappa shape index (κ2) is 5.41. The maximum atomic E-state index is 7.06. The molecule has 0 aliphatic carbocycles. The third-order valence-corrected chi connectivity index (χ3v) is 2.93. The maximum absolute atomic E-state index is 7.06. The molecule has 0 heterocycles. The van der Waals surface area contributed by atoms with Crippen LogP contribution in [0.3, 0.4) is 0 Å². The van der Waals surface area contributed by atoms with Crippen molar-refractivity contribution in [3.63, 3.8) is 0 Å². The van der Waals surface area contributed by atoms with Gasteiger partial charge in [-0.25, -0.2) is 6.57 Å². The second-order valence-electron chi connectivity index (χ2n) is 4.28. The Morgan fingerprint density at radius 3 is 2.00 bits per heavy atom. The van der Waals surface area contributed by atoms with Gasteiger partial charge >= 0.3 is 0 Å². The van der Waals surface area contributed by atoms with Gasteiger partial charge in [0.05, 0.1) is 0 Å². The van der Waals surface area contributed by atoms with Crippen molar-refractivity contribution in [1.29, 1.82) is 0 Å². The van der Waals surface area contributed by atoms with Crippen LogP contribution in [0, 0.1) is 6.57 Å². The number of hydrogen-bond donors (Lipinski definition) is 0. The molecule has 0 fully saturated rings. The lowest BCUT2D eigenvalue weighted by molar-refractivity contribution is 0.170. The molecule has 3 heteroatoms. The van der Waals surface area contributed by atoms with Crippen LogP contribution < -0.4 is 0 Å². The van der Waals surface area contributed by atoms with E-state index in [0.717, 1.165) is 12.8 Å². The Bertz CT molecular complexity index is 180. The molecule has 0 radical (unpaired) electrons. The molecule has 76 valence electrons. The monoisotopic (exact) mass is 199 g/mol. The minimum Gasteiger partial charge on any atom is -0.407 e. The van der Waals surface area contributed by atoms with Crippen molar-refractivity contribution < 1.29 is 4.43 Å². The molecule has 0 N–H and O–H groups in total. The molecule has 0 amide bonds. The van der Waals surface area contributed by atoms with Gasteiger partial charge < -0.3 is 9.27 Å². The van der Waals surface area contributed by atoms with Crippen molar-refractivity contribution in [1.82, 2.24) is 0 Å². The molecule has 0 aromatic carbocycles. The molecule has 0 aliphatic heterocycles. The largest absolute Gasteiger partial charge is 0.407 e. The van der Waals surface area contributed by atoms with E-state index in [9.17, 15) is 0 Å². The molecule has 0 unspecified atom stereocenters. The molecule has 2 atom stereocenters. The van der Waals surface area contributed by atoms with Gasteiger partial charge in [-0.05, 0) is 26.1 Å². The van der Waals surface area contributed by atoms with Gasteiger partial charge in [0, 0.05) is 6.42 Å². The smallest absolute Gasteiger partial charge is 0.247 e. The topological polar surface area (TPSA) is 13.6 Å². The third-order valence-electron chi connectivity index (χ3n) is 1.92. The SMILES string of the molecule is [C-]#[N+][C@@H](CC)[C@@H](CC)O[Si](C)(C)C. The van der Waals surface area contributed by atoms with Crippen LogP contribution in [0.15, 0.2) is 0 Å². The summed E-state index contributed by atoms with van der Waals surface area (Å²) in [5.41, 5.74) is 0. The lowest BCUT2D eigenvalue weighted by Crippen LogP contribution is -2.37. The van der Waals surface area contributed by atoms with E-state index in [1.807, 2.05) is 0 Å². The summed E-state index contributed by atoms with van der Waals surface area (Å²) in [4.78, 5) is 3.61. The first kappa shape index (κ1) is 12.7. The second-order valence-corrected chi connectivity index (χ2v) is 8.74. The van der Waals surface area contributed by atoms with Crippen LogP contribution >= 0.6 is 0 Å². The van der Waals surface area contributed by atoms with E-state index in [1.54, 1.807) is 0 Å². The Kier molecular flexibility index (Phi) is 5.27. The Balaban J connectivity index is 4.26. The highest BCUT2D eigenvalue weighted by Gasteiger charge is 2.28. The van der Waals surface area contributed by atoms with Crippen LogP contribution in [-0.4, -0.2) is 20.5 Å². The lowest BCUT2D eigenvalue weighted by Gasteiger charge is -2.25. The maximum Gasteiger partial charge on any atom is 0.247 e. The van der Waals surface area contributed by atoms with Crippen LogP contribution in [0.5, 0.6) is 0 Å². The van der Waals surface area contributed by atoms with Crippen molar-refractivity contribution in [3.05, 3.63) is 11.4 Å². The first-order chi connectivity index (χ1) is 5.94. The van der Waals surface area contributed by atoms with E-state index < -0.39 is 8.32 Å². The Morgan fingerprint density at radius 1 is 1.23 bits per heavy atom. The Morgan fingerprint density at radius 2 is 1.77 bits per heavy atom. The Labute approximate surface area is 83.2 Å². The van der Waals surface area contributed by atoms with Gasteiger partial charge in [0.2, 0.25) is 6.04 Å². The zero-order valence-electron chi connectivity index (χ0n) is 9.42. The summed E-state index contributed by atoms with van der Waals surface area (Å²) in [6.45, 7) is 17.7. The van der Waals surface area contributed by atoms with Crippen molar-refractivity contribution in [3.8, 4) is 0 Å². The van der Waals surface area contributed by atoms with Crippen molar-refractivity contribution >= 4 is 8.32 Å². The van der Waals surface area contributed by atoms with Gasteiger partial charge in [-0.15, -0.1) is 0 Å². The highest BCUT2D eigenvalue weighted by Crippen LogP contribution is 2.17. The van der Waals surface area contributed by atoms with Gasteiger partial charge in [0.15, 0.2) is 8.32 Å². The minimum absolute atomic E-state index is 0.0525. The summed E-state index contributed by atoms with van der Waals surface area (Å²) in [5, 5.41) is 0. The first-order valence-corrected chi connectivity index (χ1v) is 8.39. The molecule has 0 saturated heterocycles. The molecule has 0 aliphatic rings. The van der Waals surface area contributed by atoms with Gasteiger partial charge in [0.25, 0.3) is 0 Å². The molecule has 0 bridgehead atoms. The fourth-order valence-electron chi connectivity index (χ4n) is 1.33. The standard InChI is InChI=1S/C10H21NOSi/c1-7-9(11-3)10(8-2)12-13(4,5)6/h9-10H,7-8H2,1-2,4-6H3/t9-,10+/m0/s1. The van der Waals surface area contributed by atoms with E-state index in [2.05, 4.69) is 38.3 Å². The van der Waals surface area contributed by atoms with Crippen molar-refractivity contribution in [2.45, 2.75) is 58.5 Å². The first-order valence-electron chi connectivity index (χ1n) is 4.99. The normalized spacial score (nSPS) is 16.3. The van der Waals surface area contributed by atoms with Crippen LogP contribution in [0.2, 0.25) is 19.6 Å². The van der Waals surface area contributed by atoms with E-state index in [-0.39, 0.29) is 12.1 Å². The van der Waals surface area contributed by atoms with Crippen molar-refractivity contribution in [2.75, 3.05) is 0 Å². The summed E-state index contributed by atoms with van der Waals surface area (Å²) in [5.74, 6) is 0. The summed E-state index contributed by atoms with van der Waals surface area (Å²) in [6, 6.07) is 0.0525. The number of hydrogen-bond acceptors (Lipinski definition) is 1. The molecule has 13 heavy (non-hydrogen) atoms. The average Bonchev–Trinajstić information content (AvgIpc) is 2.02. The predicted octanol–water partition coefficient (Wildman–Crippen LogP) is 3.31. The van der Waals surface area contributed by atoms with Crippen LogP contribution in [0.25, 0.3) is 4.85 Å². The van der Waals surface area contributed by atoms with Crippen LogP contribution in [0.4, 0.5) is 0 Å². The lowest BCUT2D eigenvalue weighted by atomic mass is 10.1. The molecular weight excluding hydrogens is 178 g/mol. The average molecular weight is 199 g/mol. The van der Waals surface area contributed by atoms with Crippen LogP contribution in [-0.2, 0) is 4.43 Å². The molecule has 0 rings (SSSR count). The zero-order valence-corrected chi connectivity index (χ0v) is 10.4. The predicted molar refractivity (Wildman–Crippen MR) is 59.2 cm³/mol. The van der Waals surface area contributed by atoms with Gasteiger partial charge in [-0.3, -0.25) is 0 Å². The third kappa shape index (κ3) is 5.07. The summed E-state index contributed by atoms with van der Waals surface area (Å²) < 4.78 is 5.96. The summed E-state index contributed by atoms with van der Waals surface area (Å²) in [6.07, 6.45) is 1.99. The molecule has 0 spiro atoms. The number of rotatable bonds is 5. The fourth-order valence-corrected chi connectivity index (χ4v) is 2.56. The molecule has 2 nitrogen and oxygen atoms in total. The fraction of sp³-hybridized carbons (Fsp3) is 0.900. The molecule has 0 saturated carbocycles. The van der Waals surface area contributed by atoms with E-state index in [4.69, 9.17) is 11.0 Å². The highest BCUT2D eigenvalue weighted by atomic mass is 28.4. The highest BCUT2D eigenvalue weighted by molar-refractivity contribution is 6.69. The Hall–Kier alpha value is -0.333. The molecular formula is C10H21NOSi. The van der Waals surface area contributed by atoms with Gasteiger partial charge in [-0.2, -0.15) is 0 Å². The van der Waals surface area contributed by atoms with E-state index in [1.165, 1.54) is 0 Å². The van der Waals surface area contributed by atoms with E-state index in [0.29, 0.717) is 0 Å². The quantitative estimate of drug-likeness (QED) is 0.489. The van der Waals surface area contributed by atoms with E-state index >= 15 is 0 Å². The summed E-state index contributed by atoms with van der Waals surface area (Å²) >= 11 is 0. The molecule has 0 aromatic heterocycles. The number of nitrogens with zero attached hydrogens (tertiary/aromatic N) is 1. The van der Waals surface area contributed by atoms with Crippen LogP contribution in [0.1, 0.15) is 26.7 Å². The zero-order chi connectivity index (χ0) is 10.5. The van der Waals surface area contributed by atoms with Gasteiger partial charge in [0.1, 0.15) is 6.10 Å². The van der Waals surface area contributed by atoms with Gasteiger partial charge in [-0.1, -0.05) is 13.8 Å². The molecule has 0 aromatic rings. The minimum atomic E-state index is -1.48. The van der Waals surface area contributed by atoms with Crippen molar-refractivity contribution in [2.24, 2.45) is 0 Å².